The van der Waals surface area contributed by atoms with Crippen LogP contribution in [0.15, 0.2) is 41.3 Å². The molecule has 1 amide bonds. The van der Waals surface area contributed by atoms with E-state index in [1.165, 1.54) is 30.9 Å². The summed E-state index contributed by atoms with van der Waals surface area (Å²) in [6, 6.07) is 9.28. The molecule has 0 spiro atoms. The number of hydrogen-bond donors (Lipinski definition) is 1. The zero-order valence-electron chi connectivity index (χ0n) is 15.3. The first kappa shape index (κ1) is 20.1. The average molecular weight is 378 g/mol. The van der Waals surface area contributed by atoms with E-state index in [9.17, 15) is 17.6 Å². The summed E-state index contributed by atoms with van der Waals surface area (Å²) in [4.78, 5) is 13.5. The number of halogens is 1. The molecule has 0 aliphatic heterocycles. The number of anilines is 1. The smallest absolute Gasteiger partial charge is 0.240 e. The normalized spacial score (nSPS) is 11.4. The van der Waals surface area contributed by atoms with E-state index < -0.39 is 15.8 Å². The molecule has 0 bridgehead atoms. The Hall–Kier alpha value is -2.25. The molecule has 0 saturated carbocycles. The highest BCUT2D eigenvalue weighted by Crippen LogP contribution is 2.19. The quantitative estimate of drug-likeness (QED) is 0.840. The van der Waals surface area contributed by atoms with Gasteiger partial charge in [0, 0.05) is 25.7 Å². The summed E-state index contributed by atoms with van der Waals surface area (Å²) in [6.45, 7) is 7.10. The maximum atomic E-state index is 13.2. The second kappa shape index (κ2) is 7.97. The summed E-state index contributed by atoms with van der Waals surface area (Å²) in [7, 11) is -3.78. The van der Waals surface area contributed by atoms with Crippen LogP contribution in [0.4, 0.5) is 10.1 Å². The fraction of sp³-hybridized carbons (Fsp3) is 0.316. The van der Waals surface area contributed by atoms with E-state index in [4.69, 9.17) is 0 Å². The lowest BCUT2D eigenvalue weighted by atomic mass is 10.1. The third-order valence-corrected chi connectivity index (χ3v) is 5.57. The molecular formula is C19H23FN2O3S. The minimum Gasteiger partial charge on any atom is -0.311 e. The second-order valence-electron chi connectivity index (χ2n) is 6.32. The van der Waals surface area contributed by atoms with Crippen LogP contribution in [0.2, 0.25) is 0 Å². The molecule has 0 aliphatic carbocycles. The average Bonchev–Trinajstić information content (AvgIpc) is 2.49. The predicted octanol–water partition coefficient (Wildman–Crippen LogP) is 3.08. The highest BCUT2D eigenvalue weighted by molar-refractivity contribution is 7.89. The van der Waals surface area contributed by atoms with Crippen LogP contribution in [0.3, 0.4) is 0 Å². The van der Waals surface area contributed by atoms with Gasteiger partial charge in [-0.05, 0) is 67.8 Å². The van der Waals surface area contributed by atoms with Crippen LogP contribution >= 0.6 is 0 Å². The molecule has 2 aromatic carbocycles. The van der Waals surface area contributed by atoms with Crippen molar-refractivity contribution >= 4 is 21.6 Å². The Kier molecular flexibility index (Phi) is 6.15. The molecule has 0 unspecified atom stereocenters. The highest BCUT2D eigenvalue weighted by Gasteiger charge is 2.18. The Bertz CT molecular complexity index is 906. The standard InChI is InChI=1S/C19H23FN2O3S/c1-13-9-14(2)11-18(10-13)22(16(4)23)8-7-21-26(24,25)19-6-5-17(20)12-15(19)3/h5-6,9-12,21H,7-8H2,1-4H3. The van der Waals surface area contributed by atoms with Gasteiger partial charge >= 0.3 is 0 Å². The predicted molar refractivity (Wildman–Crippen MR) is 100 cm³/mol. The summed E-state index contributed by atoms with van der Waals surface area (Å²) < 4.78 is 40.5. The topological polar surface area (TPSA) is 66.5 Å². The SMILES string of the molecule is CC(=O)N(CCNS(=O)(=O)c1ccc(F)cc1C)c1cc(C)cc(C)c1. The molecule has 0 saturated heterocycles. The second-order valence-corrected chi connectivity index (χ2v) is 8.06. The highest BCUT2D eigenvalue weighted by atomic mass is 32.2. The Labute approximate surface area is 153 Å². The zero-order valence-corrected chi connectivity index (χ0v) is 16.2. The van der Waals surface area contributed by atoms with Gasteiger partial charge in [-0.25, -0.2) is 17.5 Å². The Morgan fingerprint density at radius 2 is 1.69 bits per heavy atom. The lowest BCUT2D eigenvalue weighted by Crippen LogP contribution is -2.37. The van der Waals surface area contributed by atoms with Crippen molar-refractivity contribution in [2.75, 3.05) is 18.0 Å². The first-order valence-corrected chi connectivity index (χ1v) is 9.70. The van der Waals surface area contributed by atoms with Crippen molar-refractivity contribution < 1.29 is 17.6 Å². The lowest BCUT2D eigenvalue weighted by molar-refractivity contribution is -0.116. The van der Waals surface area contributed by atoms with Crippen LogP contribution in [0.25, 0.3) is 0 Å². The van der Waals surface area contributed by atoms with Gasteiger partial charge in [0.2, 0.25) is 15.9 Å². The summed E-state index contributed by atoms with van der Waals surface area (Å²) in [5.41, 5.74) is 3.10. The summed E-state index contributed by atoms with van der Waals surface area (Å²) in [5, 5.41) is 0. The first-order valence-electron chi connectivity index (χ1n) is 8.22. The van der Waals surface area contributed by atoms with Crippen molar-refractivity contribution in [1.29, 1.82) is 0 Å². The number of nitrogens with one attached hydrogen (secondary N) is 1. The van der Waals surface area contributed by atoms with Crippen molar-refractivity contribution in [3.63, 3.8) is 0 Å². The zero-order chi connectivity index (χ0) is 19.5. The van der Waals surface area contributed by atoms with Crippen LogP contribution in [0.1, 0.15) is 23.6 Å². The van der Waals surface area contributed by atoms with Crippen molar-refractivity contribution in [3.05, 3.63) is 58.9 Å². The molecule has 0 aliphatic rings. The molecule has 1 N–H and O–H groups in total. The van der Waals surface area contributed by atoms with Gasteiger partial charge in [0.05, 0.1) is 4.90 Å². The fourth-order valence-corrected chi connectivity index (χ4v) is 4.10. The Morgan fingerprint density at radius 3 is 2.23 bits per heavy atom. The molecule has 2 rings (SSSR count). The van der Waals surface area contributed by atoms with Gasteiger partial charge < -0.3 is 4.90 Å². The van der Waals surface area contributed by atoms with E-state index in [-0.39, 0.29) is 23.9 Å². The van der Waals surface area contributed by atoms with E-state index in [2.05, 4.69) is 4.72 Å². The first-order chi connectivity index (χ1) is 12.1. The molecular weight excluding hydrogens is 355 g/mol. The van der Waals surface area contributed by atoms with Crippen molar-refractivity contribution in [2.24, 2.45) is 0 Å². The van der Waals surface area contributed by atoms with Crippen LogP contribution in [0, 0.1) is 26.6 Å². The number of nitrogens with zero attached hydrogens (tertiary/aromatic N) is 1. The van der Waals surface area contributed by atoms with E-state index in [1.807, 2.05) is 32.0 Å². The summed E-state index contributed by atoms with van der Waals surface area (Å²) in [5.74, 6) is -0.661. The van der Waals surface area contributed by atoms with Crippen molar-refractivity contribution in [1.82, 2.24) is 4.72 Å². The van der Waals surface area contributed by atoms with E-state index >= 15 is 0 Å². The van der Waals surface area contributed by atoms with Crippen LogP contribution in [0.5, 0.6) is 0 Å². The molecule has 0 fully saturated rings. The minimum atomic E-state index is -3.78. The molecule has 2 aromatic rings. The van der Waals surface area contributed by atoms with Gasteiger partial charge in [0.1, 0.15) is 5.82 Å². The van der Waals surface area contributed by atoms with Gasteiger partial charge in [-0.1, -0.05) is 6.07 Å². The minimum absolute atomic E-state index is 0.0275. The number of aryl methyl sites for hydroxylation is 3. The number of sulfonamides is 1. The molecule has 0 aromatic heterocycles. The Balaban J connectivity index is 2.13. The van der Waals surface area contributed by atoms with Gasteiger partial charge in [-0.15, -0.1) is 0 Å². The van der Waals surface area contributed by atoms with Gasteiger partial charge in [0.25, 0.3) is 0 Å². The number of rotatable bonds is 6. The fourth-order valence-electron chi connectivity index (χ4n) is 2.86. The molecule has 7 heteroatoms. The van der Waals surface area contributed by atoms with Crippen LogP contribution < -0.4 is 9.62 Å². The molecule has 0 radical (unpaired) electrons. The number of carbonyl (C=O) groups excluding carboxylic acids is 1. The van der Waals surface area contributed by atoms with Gasteiger partial charge in [0.15, 0.2) is 0 Å². The summed E-state index contributed by atoms with van der Waals surface area (Å²) >= 11 is 0. The summed E-state index contributed by atoms with van der Waals surface area (Å²) in [6.07, 6.45) is 0. The molecule has 26 heavy (non-hydrogen) atoms. The van der Waals surface area contributed by atoms with Crippen LogP contribution in [-0.2, 0) is 14.8 Å². The van der Waals surface area contributed by atoms with E-state index in [1.54, 1.807) is 0 Å². The number of hydrogen-bond acceptors (Lipinski definition) is 3. The molecule has 0 atom stereocenters. The van der Waals surface area contributed by atoms with Crippen molar-refractivity contribution in [3.8, 4) is 0 Å². The number of amides is 1. The third kappa shape index (κ3) is 4.89. The lowest BCUT2D eigenvalue weighted by Gasteiger charge is -2.22. The number of carbonyl (C=O) groups is 1. The monoisotopic (exact) mass is 378 g/mol. The van der Waals surface area contributed by atoms with E-state index in [0.717, 1.165) is 22.9 Å². The molecule has 140 valence electrons. The van der Waals surface area contributed by atoms with Gasteiger partial charge in [-0.3, -0.25) is 4.79 Å². The van der Waals surface area contributed by atoms with E-state index in [0.29, 0.717) is 5.56 Å². The maximum absolute atomic E-state index is 13.2. The van der Waals surface area contributed by atoms with Crippen LogP contribution in [-0.4, -0.2) is 27.4 Å². The molecule has 0 heterocycles. The van der Waals surface area contributed by atoms with Crippen molar-refractivity contribution in [2.45, 2.75) is 32.6 Å². The largest absolute Gasteiger partial charge is 0.311 e. The number of benzene rings is 2. The third-order valence-electron chi connectivity index (χ3n) is 3.95. The Morgan fingerprint density at radius 1 is 1.08 bits per heavy atom. The molecule has 5 nitrogen and oxygen atoms in total. The maximum Gasteiger partial charge on any atom is 0.240 e. The van der Waals surface area contributed by atoms with Gasteiger partial charge in [-0.2, -0.15) is 0 Å².